The molecule has 2 aromatic heterocycles. The lowest BCUT2D eigenvalue weighted by Gasteiger charge is -2.49. The highest BCUT2D eigenvalue weighted by atomic mass is 32.2. The quantitative estimate of drug-likeness (QED) is 0.0286. The van der Waals surface area contributed by atoms with Crippen LogP contribution in [0.15, 0.2) is 94.9 Å². The number of allylic oxidation sites excluding steroid dienone is 1. The number of thiazole rings is 1. The van der Waals surface area contributed by atoms with Gasteiger partial charge in [0, 0.05) is 47.2 Å². The van der Waals surface area contributed by atoms with E-state index in [2.05, 4.69) is 10.1 Å². The Morgan fingerprint density at radius 1 is 1.02 bits per heavy atom. The molecule has 0 radical (unpaired) electrons. The van der Waals surface area contributed by atoms with E-state index in [4.69, 9.17) is 10.6 Å². The highest BCUT2D eigenvalue weighted by Crippen LogP contribution is 2.45. The molecule has 17 heteroatoms. The van der Waals surface area contributed by atoms with Crippen molar-refractivity contribution in [3.63, 3.8) is 0 Å². The second-order valence-corrected chi connectivity index (χ2v) is 15.5. The Bertz CT molecular complexity index is 2320. The predicted molar refractivity (Wildman–Crippen MR) is 206 cm³/mol. The second-order valence-electron chi connectivity index (χ2n) is 13.5. The number of fused-ring (bicyclic) bond motifs is 1. The van der Waals surface area contributed by atoms with Gasteiger partial charge in [0.2, 0.25) is 11.5 Å². The Kier molecular flexibility index (Phi) is 11.4. The molecular formula is C39H36N5O10S2+. The molecule has 6 N–H and O–H groups in total. The fourth-order valence-corrected chi connectivity index (χ4v) is 7.81. The number of hydrogen-bond acceptors (Lipinski definition) is 13. The molecule has 2 atom stereocenters. The first-order valence-electron chi connectivity index (χ1n) is 17.1. The number of aromatic nitrogens is 2. The van der Waals surface area contributed by atoms with Gasteiger partial charge in [-0.3, -0.25) is 19.3 Å². The average molecular weight is 799 g/mol. The summed E-state index contributed by atoms with van der Waals surface area (Å²) >= 11 is 2.37. The van der Waals surface area contributed by atoms with Crippen LogP contribution in [-0.2, 0) is 37.0 Å². The number of oxime groups is 1. The number of carbonyl (C=O) groups is 5. The van der Waals surface area contributed by atoms with Crippen LogP contribution < -0.4 is 10.3 Å². The topological polar surface area (TPSA) is 234 Å². The number of carboxylic acid groups (broad SMARTS) is 2. The van der Waals surface area contributed by atoms with Gasteiger partial charge in [0.1, 0.15) is 11.4 Å². The molecule has 2 aliphatic heterocycles. The van der Waals surface area contributed by atoms with Gasteiger partial charge in [-0.05, 0) is 48.7 Å². The summed E-state index contributed by atoms with van der Waals surface area (Å²) < 4.78 is 1.95. The van der Waals surface area contributed by atoms with E-state index in [0.29, 0.717) is 17.7 Å². The third-order valence-corrected chi connectivity index (χ3v) is 11.1. The van der Waals surface area contributed by atoms with Crippen LogP contribution in [0.5, 0.6) is 11.5 Å². The lowest BCUT2D eigenvalue weighted by atomic mass is 9.89. The number of carboxylic acids is 2. The smallest absolute Gasteiger partial charge is 0.352 e. The van der Waals surface area contributed by atoms with Crippen molar-refractivity contribution >= 4 is 69.4 Å². The van der Waals surface area contributed by atoms with Gasteiger partial charge in [0.05, 0.1) is 11.3 Å². The first kappa shape index (κ1) is 39.4. The number of amides is 1. The highest BCUT2D eigenvalue weighted by Gasteiger charge is 2.54. The van der Waals surface area contributed by atoms with Crippen LogP contribution in [0.2, 0.25) is 0 Å². The van der Waals surface area contributed by atoms with E-state index in [0.717, 1.165) is 28.0 Å². The predicted octanol–water partition coefficient (Wildman–Crippen LogP) is 4.02. The number of rotatable bonds is 15. The summed E-state index contributed by atoms with van der Waals surface area (Å²) in [5.41, 5.74) is 6.91. The van der Waals surface area contributed by atoms with E-state index >= 15 is 0 Å². The molecule has 2 aliphatic rings. The molecule has 0 bridgehead atoms. The van der Waals surface area contributed by atoms with Crippen LogP contribution in [0.4, 0.5) is 5.13 Å². The molecule has 15 nitrogen and oxygen atoms in total. The number of phenols is 2. The summed E-state index contributed by atoms with van der Waals surface area (Å²) in [6, 6.07) is 15.3. The van der Waals surface area contributed by atoms with Crippen LogP contribution >= 0.6 is 23.1 Å². The molecule has 1 fully saturated rings. The number of nitrogens with zero attached hydrogens (tertiary/aromatic N) is 4. The number of Topliss-reactive ketones (excluding diaryl/α,β-unsaturated/α-hetero) is 2. The number of ketones is 2. The maximum atomic E-state index is 13.5. The fraction of sp³-hybridized carbons (Fsp3) is 0.231. The van der Waals surface area contributed by atoms with Crippen LogP contribution in [0.1, 0.15) is 53.0 Å². The number of thioether (sulfide) groups is 1. The molecule has 1 saturated heterocycles. The molecule has 1 amide bonds. The van der Waals surface area contributed by atoms with E-state index in [9.17, 15) is 44.4 Å². The Labute approximate surface area is 328 Å². The molecule has 288 valence electrons. The lowest BCUT2D eigenvalue weighted by molar-refractivity contribution is -0.688. The Hall–Kier alpha value is -6.33. The third-order valence-electron chi connectivity index (χ3n) is 9.07. The molecule has 0 aliphatic carbocycles. The summed E-state index contributed by atoms with van der Waals surface area (Å²) in [5.74, 6) is -5.19. The second kappa shape index (κ2) is 16.2. The van der Waals surface area contributed by atoms with Gasteiger partial charge in [-0.1, -0.05) is 41.6 Å². The fourth-order valence-electron chi connectivity index (χ4n) is 5.88. The number of hydrogen-bond donors (Lipinski definition) is 5. The lowest BCUT2D eigenvalue weighted by Crippen LogP contribution is -2.62. The van der Waals surface area contributed by atoms with Gasteiger partial charge >= 0.3 is 11.9 Å². The maximum absolute atomic E-state index is 13.5. The summed E-state index contributed by atoms with van der Waals surface area (Å²) in [5, 5.41) is 43.5. The normalized spacial score (nSPS) is 17.1. The number of benzene rings is 2. The maximum Gasteiger partial charge on any atom is 0.352 e. The zero-order valence-electron chi connectivity index (χ0n) is 30.0. The number of anilines is 1. The SMILES string of the molecule is CC(C)(O/N=C(\C(=O)C[C@@H]1C(=O)N2C(C(=O)O)=C(C=Cc3ccc(C[n+]4ccc(CC(=O)c5ccc(O)c(O)c5)cc4)cc3)CS[C@H]12)c1csc(N)n1)C(=O)O. The van der Waals surface area contributed by atoms with Gasteiger partial charge in [0.15, 0.2) is 52.8 Å². The standard InChI is InChI=1S/C39H35N5O10S2/c1-39(2,37(52)53)54-42-32(27-20-56-38(40)41-27)31(48)17-26-34(49)44-33(36(50)51)25(19-55-35(26)44)8-7-21-3-5-23(6-4-21)18-43-13-11-22(12-14-43)15-29(46)24-9-10-28(45)30(47)16-24/h3-14,16,20,26,35H,15,17-19H2,1-2H3,(H5-,40,41,42,45,46,47,48,50,51,52,53)/p+1/t26-,35-/m1/s1. The molecule has 56 heavy (non-hydrogen) atoms. The molecule has 2 aromatic carbocycles. The zero-order valence-corrected chi connectivity index (χ0v) is 31.6. The summed E-state index contributed by atoms with van der Waals surface area (Å²) in [4.78, 5) is 73.9. The van der Waals surface area contributed by atoms with Gasteiger partial charge < -0.3 is 31.0 Å². The molecule has 4 aromatic rings. The van der Waals surface area contributed by atoms with Crippen LogP contribution in [-0.4, -0.2) is 82.2 Å². The van der Waals surface area contributed by atoms with E-state index in [1.165, 1.54) is 54.1 Å². The first-order chi connectivity index (χ1) is 26.6. The van der Waals surface area contributed by atoms with Crippen molar-refractivity contribution in [1.29, 1.82) is 0 Å². The number of pyridine rings is 1. The van der Waals surface area contributed by atoms with Gasteiger partial charge in [-0.15, -0.1) is 23.1 Å². The number of β-lactam (4-membered cyclic amide) rings is 1. The van der Waals surface area contributed by atoms with Crippen molar-refractivity contribution in [1.82, 2.24) is 9.88 Å². The van der Waals surface area contributed by atoms with E-state index < -0.39 is 40.5 Å². The summed E-state index contributed by atoms with van der Waals surface area (Å²) in [6.45, 7) is 3.07. The Balaban J connectivity index is 1.08. The van der Waals surface area contributed by atoms with Crippen LogP contribution in [0.25, 0.3) is 6.08 Å². The molecule has 6 rings (SSSR count). The minimum Gasteiger partial charge on any atom is -0.504 e. The number of nitrogens with two attached hydrogens (primary N) is 1. The molecule has 4 heterocycles. The monoisotopic (exact) mass is 798 g/mol. The number of phenolic OH excluding ortho intramolecular Hbond substituents is 2. The van der Waals surface area contributed by atoms with Crippen molar-refractivity contribution in [3.8, 4) is 11.5 Å². The minimum atomic E-state index is -1.76. The van der Waals surface area contributed by atoms with Gasteiger partial charge in [-0.2, -0.15) is 0 Å². The van der Waals surface area contributed by atoms with Crippen LogP contribution in [0, 0.1) is 5.92 Å². The van der Waals surface area contributed by atoms with Crippen molar-refractivity contribution in [2.45, 2.75) is 44.2 Å². The first-order valence-corrected chi connectivity index (χ1v) is 19.0. The number of aromatic hydroxyl groups is 2. The molecular weight excluding hydrogens is 763 g/mol. The molecule has 0 saturated carbocycles. The molecule has 0 unspecified atom stereocenters. The largest absolute Gasteiger partial charge is 0.504 e. The molecule has 0 spiro atoms. The Morgan fingerprint density at radius 2 is 1.73 bits per heavy atom. The van der Waals surface area contributed by atoms with E-state index in [1.54, 1.807) is 12.2 Å². The zero-order chi connectivity index (χ0) is 40.3. The van der Waals surface area contributed by atoms with Crippen molar-refractivity contribution in [2.75, 3.05) is 11.5 Å². The third kappa shape index (κ3) is 8.63. The van der Waals surface area contributed by atoms with Crippen molar-refractivity contribution in [2.24, 2.45) is 11.1 Å². The van der Waals surface area contributed by atoms with Gasteiger partial charge in [-0.25, -0.2) is 19.1 Å². The van der Waals surface area contributed by atoms with Gasteiger partial charge in [0.25, 0.3) is 0 Å². The average Bonchev–Trinajstić information content (AvgIpc) is 3.60. The highest BCUT2D eigenvalue weighted by molar-refractivity contribution is 8.00. The van der Waals surface area contributed by atoms with Crippen LogP contribution in [0.3, 0.4) is 0 Å². The summed E-state index contributed by atoms with van der Waals surface area (Å²) in [6.07, 6.45) is 6.95. The van der Waals surface area contributed by atoms with E-state index in [-0.39, 0.29) is 58.1 Å². The Morgan fingerprint density at radius 3 is 2.36 bits per heavy atom. The van der Waals surface area contributed by atoms with Crippen molar-refractivity contribution < 1.29 is 53.8 Å². The summed E-state index contributed by atoms with van der Waals surface area (Å²) in [7, 11) is 0. The number of carbonyl (C=O) groups excluding carboxylic acids is 3. The van der Waals surface area contributed by atoms with Crippen molar-refractivity contribution in [3.05, 3.63) is 118 Å². The van der Waals surface area contributed by atoms with E-state index in [1.807, 2.05) is 53.4 Å². The number of nitrogen functional groups attached to an aromatic ring is 1. The minimum absolute atomic E-state index is 0.0688. The number of aliphatic carboxylic acids is 2.